The average Bonchev–Trinajstić information content (AvgIpc) is 2.30. The Labute approximate surface area is 101 Å². The van der Waals surface area contributed by atoms with Crippen molar-refractivity contribution in [3.63, 3.8) is 0 Å². The molecular weight excluding hydrogens is 222 g/mol. The van der Waals surface area contributed by atoms with Crippen molar-refractivity contribution in [3.8, 4) is 0 Å². The number of urea groups is 1. The Balaban J connectivity index is 2.10. The molecule has 1 aliphatic rings. The van der Waals surface area contributed by atoms with Gasteiger partial charge in [-0.15, -0.1) is 0 Å². The van der Waals surface area contributed by atoms with E-state index in [1.165, 1.54) is 0 Å². The number of primary amides is 1. The van der Waals surface area contributed by atoms with Crippen LogP contribution in [0.1, 0.15) is 26.2 Å². The summed E-state index contributed by atoms with van der Waals surface area (Å²) in [5.74, 6) is -0.172. The molecule has 6 nitrogen and oxygen atoms in total. The van der Waals surface area contributed by atoms with E-state index in [4.69, 9.17) is 10.5 Å². The minimum absolute atomic E-state index is 0.172. The Morgan fingerprint density at radius 1 is 1.41 bits per heavy atom. The van der Waals surface area contributed by atoms with Crippen LogP contribution in [0.15, 0.2) is 0 Å². The zero-order valence-corrected chi connectivity index (χ0v) is 10.3. The quantitative estimate of drug-likeness (QED) is 0.669. The molecule has 1 rings (SSSR count). The molecule has 0 unspecified atom stereocenters. The molecule has 1 heterocycles. The minimum atomic E-state index is -0.352. The summed E-state index contributed by atoms with van der Waals surface area (Å²) in [5.41, 5.74) is 5.19. The van der Waals surface area contributed by atoms with Crippen molar-refractivity contribution in [1.82, 2.24) is 10.2 Å². The second-order valence-electron chi connectivity index (χ2n) is 4.11. The molecule has 6 heteroatoms. The van der Waals surface area contributed by atoms with E-state index in [1.807, 2.05) is 0 Å². The smallest absolute Gasteiger partial charge is 0.314 e. The maximum Gasteiger partial charge on any atom is 0.314 e. The van der Waals surface area contributed by atoms with E-state index in [-0.39, 0.29) is 12.0 Å². The Morgan fingerprint density at radius 2 is 2.06 bits per heavy atom. The van der Waals surface area contributed by atoms with Crippen LogP contribution in [0.25, 0.3) is 0 Å². The number of ether oxygens (including phenoxy) is 1. The van der Waals surface area contributed by atoms with Gasteiger partial charge < -0.3 is 20.7 Å². The maximum atomic E-state index is 11.1. The summed E-state index contributed by atoms with van der Waals surface area (Å²) in [6.07, 6.45) is 2.15. The first-order valence-corrected chi connectivity index (χ1v) is 6.07. The molecule has 17 heavy (non-hydrogen) atoms. The first-order valence-electron chi connectivity index (χ1n) is 6.07. The van der Waals surface area contributed by atoms with E-state index in [0.717, 1.165) is 12.8 Å². The van der Waals surface area contributed by atoms with Crippen LogP contribution in [-0.2, 0) is 9.53 Å². The molecule has 0 bridgehead atoms. The molecule has 1 aliphatic heterocycles. The van der Waals surface area contributed by atoms with Crippen molar-refractivity contribution in [2.24, 2.45) is 5.73 Å². The Hall–Kier alpha value is -1.30. The lowest BCUT2D eigenvalue weighted by Crippen LogP contribution is -2.47. The number of amides is 2. The molecule has 2 amide bonds. The molecule has 3 N–H and O–H groups in total. The number of nitrogens with one attached hydrogen (secondary N) is 1. The fourth-order valence-electron chi connectivity index (χ4n) is 1.92. The van der Waals surface area contributed by atoms with Crippen LogP contribution in [0, 0.1) is 0 Å². The van der Waals surface area contributed by atoms with E-state index >= 15 is 0 Å². The third kappa shape index (κ3) is 5.04. The predicted molar refractivity (Wildman–Crippen MR) is 63.4 cm³/mol. The van der Waals surface area contributed by atoms with E-state index in [1.54, 1.807) is 11.8 Å². The molecule has 0 atom stereocenters. The minimum Gasteiger partial charge on any atom is -0.466 e. The molecule has 1 saturated heterocycles. The van der Waals surface area contributed by atoms with Gasteiger partial charge in [-0.3, -0.25) is 4.79 Å². The summed E-state index contributed by atoms with van der Waals surface area (Å²) in [4.78, 5) is 23.6. The van der Waals surface area contributed by atoms with Gasteiger partial charge in [0.2, 0.25) is 0 Å². The van der Waals surface area contributed by atoms with Gasteiger partial charge >= 0.3 is 12.0 Å². The lowest BCUT2D eigenvalue weighted by Gasteiger charge is -2.31. The van der Waals surface area contributed by atoms with Gasteiger partial charge in [0.05, 0.1) is 13.0 Å². The lowest BCUT2D eigenvalue weighted by molar-refractivity contribution is -0.143. The van der Waals surface area contributed by atoms with Gasteiger partial charge in [0, 0.05) is 25.7 Å². The third-order valence-corrected chi connectivity index (χ3v) is 2.87. The van der Waals surface area contributed by atoms with Crippen LogP contribution in [0.2, 0.25) is 0 Å². The van der Waals surface area contributed by atoms with E-state index in [2.05, 4.69) is 5.32 Å². The number of nitrogens with two attached hydrogens (primary N) is 1. The highest BCUT2D eigenvalue weighted by molar-refractivity contribution is 5.72. The number of hydrogen-bond acceptors (Lipinski definition) is 4. The van der Waals surface area contributed by atoms with E-state index in [9.17, 15) is 9.59 Å². The van der Waals surface area contributed by atoms with Crippen molar-refractivity contribution < 1.29 is 14.3 Å². The maximum absolute atomic E-state index is 11.1. The molecule has 98 valence electrons. The number of piperidine rings is 1. The van der Waals surface area contributed by atoms with Crippen molar-refractivity contribution in [2.75, 3.05) is 26.2 Å². The van der Waals surface area contributed by atoms with Gasteiger partial charge in [-0.1, -0.05) is 0 Å². The molecule has 0 radical (unpaired) electrons. The second kappa shape index (κ2) is 7.11. The fraction of sp³-hybridized carbons (Fsp3) is 0.818. The zero-order valence-electron chi connectivity index (χ0n) is 10.3. The SMILES string of the molecule is CCOC(=O)CCNC1CCN(C(N)=O)CC1. The lowest BCUT2D eigenvalue weighted by atomic mass is 10.1. The second-order valence-corrected chi connectivity index (χ2v) is 4.11. The highest BCUT2D eigenvalue weighted by Gasteiger charge is 2.20. The molecule has 0 aromatic heterocycles. The summed E-state index contributed by atoms with van der Waals surface area (Å²) in [5, 5.41) is 3.29. The first-order chi connectivity index (χ1) is 8.13. The topological polar surface area (TPSA) is 84.7 Å². The summed E-state index contributed by atoms with van der Waals surface area (Å²) in [6.45, 7) is 4.22. The van der Waals surface area contributed by atoms with Crippen LogP contribution in [-0.4, -0.2) is 49.2 Å². The van der Waals surface area contributed by atoms with Gasteiger partial charge in [0.1, 0.15) is 0 Å². The summed E-state index contributed by atoms with van der Waals surface area (Å²) < 4.78 is 4.83. The van der Waals surface area contributed by atoms with E-state index < -0.39 is 0 Å². The first kappa shape index (κ1) is 13.8. The standard InChI is InChI=1S/C11H21N3O3/c1-2-17-10(15)3-6-13-9-4-7-14(8-5-9)11(12)16/h9,13H,2-8H2,1H3,(H2,12,16). The summed E-state index contributed by atoms with van der Waals surface area (Å²) in [6, 6.07) is 0.00926. The molecular formula is C11H21N3O3. The number of carbonyl (C=O) groups excluding carboxylic acids is 2. The van der Waals surface area contributed by atoms with Gasteiger partial charge in [0.15, 0.2) is 0 Å². The van der Waals surface area contributed by atoms with Crippen molar-refractivity contribution in [3.05, 3.63) is 0 Å². The number of carbonyl (C=O) groups is 2. The van der Waals surface area contributed by atoms with Gasteiger partial charge in [0.25, 0.3) is 0 Å². The summed E-state index contributed by atoms with van der Waals surface area (Å²) >= 11 is 0. The average molecular weight is 243 g/mol. The number of likely N-dealkylation sites (tertiary alicyclic amines) is 1. The number of nitrogens with zero attached hydrogens (tertiary/aromatic N) is 1. The zero-order chi connectivity index (χ0) is 12.7. The van der Waals surface area contributed by atoms with Gasteiger partial charge in [-0.05, 0) is 19.8 Å². The third-order valence-electron chi connectivity index (χ3n) is 2.87. The molecule has 0 aromatic rings. The highest BCUT2D eigenvalue weighted by atomic mass is 16.5. The largest absolute Gasteiger partial charge is 0.466 e. The van der Waals surface area contributed by atoms with Crippen molar-refractivity contribution >= 4 is 12.0 Å². The van der Waals surface area contributed by atoms with Crippen molar-refractivity contribution in [1.29, 1.82) is 0 Å². The van der Waals surface area contributed by atoms with Crippen LogP contribution >= 0.6 is 0 Å². The molecule has 0 saturated carbocycles. The van der Waals surface area contributed by atoms with Crippen LogP contribution < -0.4 is 11.1 Å². The van der Waals surface area contributed by atoms with Crippen LogP contribution in [0.4, 0.5) is 4.79 Å². The van der Waals surface area contributed by atoms with Gasteiger partial charge in [-0.2, -0.15) is 0 Å². The summed E-state index contributed by atoms with van der Waals surface area (Å²) in [7, 11) is 0. The number of esters is 1. The number of rotatable bonds is 5. The highest BCUT2D eigenvalue weighted by Crippen LogP contribution is 2.09. The van der Waals surface area contributed by atoms with Crippen LogP contribution in [0.3, 0.4) is 0 Å². The van der Waals surface area contributed by atoms with Gasteiger partial charge in [-0.25, -0.2) is 4.79 Å². The molecule has 0 spiro atoms. The van der Waals surface area contributed by atoms with Crippen LogP contribution in [0.5, 0.6) is 0 Å². The fourth-order valence-corrected chi connectivity index (χ4v) is 1.92. The van der Waals surface area contributed by atoms with E-state index in [0.29, 0.717) is 38.7 Å². The number of hydrogen-bond donors (Lipinski definition) is 2. The van der Waals surface area contributed by atoms with Crippen molar-refractivity contribution in [2.45, 2.75) is 32.2 Å². The molecule has 0 aromatic carbocycles. The molecule has 0 aliphatic carbocycles. The Bertz CT molecular complexity index is 263. The molecule has 1 fully saturated rings. The monoisotopic (exact) mass is 243 g/mol. The normalized spacial score (nSPS) is 16.9. The Morgan fingerprint density at radius 3 is 2.59 bits per heavy atom. The Kier molecular flexibility index (Phi) is 5.76. The predicted octanol–water partition coefficient (Wildman–Crippen LogP) is 0.0723.